The molecule has 154 valence electrons. The molecule has 0 aliphatic rings. The van der Waals surface area contributed by atoms with Crippen LogP contribution < -0.4 is 10.5 Å². The molecule has 3 aromatic rings. The molecule has 1 atom stereocenters. The lowest BCUT2D eigenvalue weighted by molar-refractivity contribution is -0.115. The van der Waals surface area contributed by atoms with Crippen LogP contribution in [-0.4, -0.2) is 29.1 Å². The number of nitrogens with two attached hydrogens (primary N) is 1. The van der Waals surface area contributed by atoms with E-state index in [2.05, 4.69) is 10.3 Å². The van der Waals surface area contributed by atoms with Crippen LogP contribution in [0.1, 0.15) is 20.3 Å². The number of benzene rings is 2. The van der Waals surface area contributed by atoms with Gasteiger partial charge in [0.25, 0.3) is 0 Å². The quantitative estimate of drug-likeness (QED) is 0.552. The normalized spacial score (nSPS) is 12.8. The highest BCUT2D eigenvalue weighted by Crippen LogP contribution is 2.29. The first kappa shape index (κ1) is 21.3. The van der Waals surface area contributed by atoms with Gasteiger partial charge in [0.05, 0.1) is 21.2 Å². The maximum atomic E-state index is 13.3. The van der Waals surface area contributed by atoms with E-state index < -0.39 is 21.1 Å². The fourth-order valence-electron chi connectivity index (χ4n) is 2.82. The van der Waals surface area contributed by atoms with E-state index in [0.29, 0.717) is 22.9 Å². The molecule has 10 heteroatoms. The predicted octanol–water partition coefficient (Wildman–Crippen LogP) is 3.35. The van der Waals surface area contributed by atoms with Gasteiger partial charge in [0.15, 0.2) is 5.16 Å². The number of nitrogens with zero attached hydrogens (tertiary/aromatic N) is 2. The number of sulfonamides is 1. The summed E-state index contributed by atoms with van der Waals surface area (Å²) >= 11 is 1.25. The lowest BCUT2D eigenvalue weighted by atomic mass is 10.3. The summed E-state index contributed by atoms with van der Waals surface area (Å²) in [5.74, 6) is -0.723. The van der Waals surface area contributed by atoms with E-state index in [-0.39, 0.29) is 10.8 Å². The molecule has 0 bridgehead atoms. The third-order valence-corrected chi connectivity index (χ3v) is 6.21. The molecule has 7 nitrogen and oxygen atoms in total. The van der Waals surface area contributed by atoms with Crippen LogP contribution >= 0.6 is 11.8 Å². The molecule has 0 aliphatic carbocycles. The molecule has 1 amide bonds. The van der Waals surface area contributed by atoms with E-state index in [1.54, 1.807) is 19.1 Å². The highest BCUT2D eigenvalue weighted by Gasteiger charge is 2.20. The molecular formula is C19H21FN4O3S2. The third kappa shape index (κ3) is 4.95. The molecule has 3 N–H and O–H groups in total. The van der Waals surface area contributed by atoms with Crippen molar-refractivity contribution in [1.29, 1.82) is 0 Å². The SMILES string of the molecule is CCCn1c(SC(C)C(=O)Nc2cccc(F)c2)nc2cc(S(N)(=O)=O)ccc21. The third-order valence-electron chi connectivity index (χ3n) is 4.20. The van der Waals surface area contributed by atoms with Gasteiger partial charge in [0.2, 0.25) is 15.9 Å². The van der Waals surface area contributed by atoms with Gasteiger partial charge in [-0.15, -0.1) is 0 Å². The van der Waals surface area contributed by atoms with Crippen molar-refractivity contribution < 1.29 is 17.6 Å². The highest BCUT2D eigenvalue weighted by molar-refractivity contribution is 8.00. The Hall–Kier alpha value is -2.43. The van der Waals surface area contributed by atoms with E-state index in [1.165, 1.54) is 42.1 Å². The molecule has 0 spiro atoms. The van der Waals surface area contributed by atoms with Crippen LogP contribution in [-0.2, 0) is 21.4 Å². The molecule has 3 rings (SSSR count). The number of rotatable bonds is 7. The van der Waals surface area contributed by atoms with Crippen LogP contribution in [0, 0.1) is 5.82 Å². The van der Waals surface area contributed by atoms with Gasteiger partial charge >= 0.3 is 0 Å². The van der Waals surface area contributed by atoms with Crippen molar-refractivity contribution in [2.75, 3.05) is 5.32 Å². The summed E-state index contributed by atoms with van der Waals surface area (Å²) in [4.78, 5) is 17.0. The summed E-state index contributed by atoms with van der Waals surface area (Å²) in [5.41, 5.74) is 1.63. The smallest absolute Gasteiger partial charge is 0.238 e. The van der Waals surface area contributed by atoms with Crippen LogP contribution in [0.15, 0.2) is 52.5 Å². The van der Waals surface area contributed by atoms with Crippen molar-refractivity contribution in [1.82, 2.24) is 9.55 Å². The molecule has 2 aromatic carbocycles. The maximum absolute atomic E-state index is 13.3. The fourth-order valence-corrected chi connectivity index (χ4v) is 4.30. The number of amides is 1. The van der Waals surface area contributed by atoms with Crippen LogP contribution in [0.4, 0.5) is 10.1 Å². The lowest BCUT2D eigenvalue weighted by Crippen LogP contribution is -2.23. The van der Waals surface area contributed by atoms with E-state index >= 15 is 0 Å². The van der Waals surface area contributed by atoms with Crippen molar-refractivity contribution >= 4 is 44.4 Å². The minimum absolute atomic E-state index is 0.0143. The molecule has 0 saturated carbocycles. The van der Waals surface area contributed by atoms with Gasteiger partial charge in [0.1, 0.15) is 5.82 Å². The maximum Gasteiger partial charge on any atom is 0.238 e. The van der Waals surface area contributed by atoms with Crippen molar-refractivity contribution in [2.45, 2.75) is 42.1 Å². The standard InChI is InChI=1S/C19H21FN4O3S2/c1-3-9-24-17-8-7-15(29(21,26)27)11-16(17)23-19(24)28-12(2)18(25)22-14-6-4-5-13(20)10-14/h4-8,10-12H,3,9H2,1-2H3,(H,22,25)(H2,21,26,27). The zero-order chi connectivity index (χ0) is 21.2. The van der Waals surface area contributed by atoms with Gasteiger partial charge in [-0.05, 0) is 49.7 Å². The average Bonchev–Trinajstić information content (AvgIpc) is 2.98. The Morgan fingerprint density at radius 1 is 1.31 bits per heavy atom. The summed E-state index contributed by atoms with van der Waals surface area (Å²) in [6, 6.07) is 10.2. The molecule has 0 saturated heterocycles. The Morgan fingerprint density at radius 2 is 2.07 bits per heavy atom. The Kier molecular flexibility index (Phi) is 6.25. The van der Waals surface area contributed by atoms with Crippen LogP contribution in [0.25, 0.3) is 11.0 Å². The molecule has 1 unspecified atom stereocenters. The van der Waals surface area contributed by atoms with Gasteiger partial charge in [-0.1, -0.05) is 24.8 Å². The fraction of sp³-hybridized carbons (Fsp3) is 0.263. The molecular weight excluding hydrogens is 415 g/mol. The number of aromatic nitrogens is 2. The van der Waals surface area contributed by atoms with Gasteiger partial charge < -0.3 is 9.88 Å². The summed E-state index contributed by atoms with van der Waals surface area (Å²) < 4.78 is 38.5. The van der Waals surface area contributed by atoms with E-state index in [1.807, 2.05) is 11.5 Å². The zero-order valence-corrected chi connectivity index (χ0v) is 17.6. The van der Waals surface area contributed by atoms with Crippen LogP contribution in [0.5, 0.6) is 0 Å². The minimum Gasteiger partial charge on any atom is -0.325 e. The van der Waals surface area contributed by atoms with Crippen molar-refractivity contribution in [3.05, 3.63) is 48.3 Å². The second-order valence-electron chi connectivity index (χ2n) is 6.50. The first-order valence-corrected chi connectivity index (χ1v) is 11.4. The number of hydrogen-bond acceptors (Lipinski definition) is 5. The Balaban J connectivity index is 1.87. The second-order valence-corrected chi connectivity index (χ2v) is 9.37. The van der Waals surface area contributed by atoms with E-state index in [9.17, 15) is 17.6 Å². The number of anilines is 1. The lowest BCUT2D eigenvalue weighted by Gasteiger charge is -2.13. The Bertz CT molecular complexity index is 1160. The first-order valence-electron chi connectivity index (χ1n) is 8.95. The number of fused-ring (bicyclic) bond motifs is 1. The molecule has 1 heterocycles. The Morgan fingerprint density at radius 3 is 2.72 bits per heavy atom. The number of carbonyl (C=O) groups excluding carboxylic acids is 1. The second kappa shape index (κ2) is 8.52. The van der Waals surface area contributed by atoms with Crippen molar-refractivity contribution in [2.24, 2.45) is 5.14 Å². The first-order chi connectivity index (χ1) is 13.7. The molecule has 0 aliphatic heterocycles. The summed E-state index contributed by atoms with van der Waals surface area (Å²) in [5, 5.41) is 7.98. The predicted molar refractivity (Wildman–Crippen MR) is 112 cm³/mol. The number of halogens is 1. The average molecular weight is 437 g/mol. The highest BCUT2D eigenvalue weighted by atomic mass is 32.2. The number of hydrogen-bond donors (Lipinski definition) is 2. The van der Waals surface area contributed by atoms with Gasteiger partial charge in [-0.25, -0.2) is 22.9 Å². The summed E-state index contributed by atoms with van der Waals surface area (Å²) in [7, 11) is -3.84. The number of thioether (sulfide) groups is 1. The molecule has 0 radical (unpaired) electrons. The van der Waals surface area contributed by atoms with Gasteiger partial charge in [-0.3, -0.25) is 4.79 Å². The zero-order valence-electron chi connectivity index (χ0n) is 15.9. The summed E-state index contributed by atoms with van der Waals surface area (Å²) in [6.07, 6.45) is 0.833. The number of imidazole rings is 1. The van der Waals surface area contributed by atoms with Crippen molar-refractivity contribution in [3.63, 3.8) is 0 Å². The Labute approximate surface area is 172 Å². The number of primary sulfonamides is 1. The molecule has 0 fully saturated rings. The minimum atomic E-state index is -3.84. The largest absolute Gasteiger partial charge is 0.325 e. The monoisotopic (exact) mass is 436 g/mol. The number of aryl methyl sites for hydroxylation is 1. The topological polar surface area (TPSA) is 107 Å². The van der Waals surface area contributed by atoms with Crippen LogP contribution in [0.2, 0.25) is 0 Å². The molecule has 1 aromatic heterocycles. The molecule has 29 heavy (non-hydrogen) atoms. The van der Waals surface area contributed by atoms with Crippen molar-refractivity contribution in [3.8, 4) is 0 Å². The van der Waals surface area contributed by atoms with Gasteiger partial charge in [0, 0.05) is 12.2 Å². The number of carbonyl (C=O) groups is 1. The van der Waals surface area contributed by atoms with E-state index in [0.717, 1.165) is 11.9 Å². The summed E-state index contributed by atoms with van der Waals surface area (Å²) in [6.45, 7) is 4.40. The van der Waals surface area contributed by atoms with Crippen LogP contribution in [0.3, 0.4) is 0 Å². The van der Waals surface area contributed by atoms with Gasteiger partial charge in [-0.2, -0.15) is 0 Å². The number of nitrogens with one attached hydrogen (secondary N) is 1. The van der Waals surface area contributed by atoms with E-state index in [4.69, 9.17) is 5.14 Å².